The van der Waals surface area contributed by atoms with Crippen molar-refractivity contribution in [1.82, 2.24) is 0 Å². The van der Waals surface area contributed by atoms with E-state index in [-0.39, 0.29) is 51.5 Å². The van der Waals surface area contributed by atoms with Crippen LogP contribution in [0, 0.1) is 0 Å². The number of ether oxygens (including phenoxy) is 1. The minimum Gasteiger partial charge on any atom is -0.508 e. The number of hydrogen-bond acceptors (Lipinski definition) is 7. The van der Waals surface area contributed by atoms with Gasteiger partial charge in [0.1, 0.15) is 5.75 Å². The normalized spacial score (nSPS) is 12.3. The van der Waals surface area contributed by atoms with Crippen LogP contribution in [0.3, 0.4) is 0 Å². The van der Waals surface area contributed by atoms with Crippen LogP contribution in [0.5, 0.6) is 5.75 Å². The van der Waals surface area contributed by atoms with Crippen LogP contribution in [0.4, 0.5) is 11.4 Å². The first-order chi connectivity index (χ1) is 16.7. The minimum atomic E-state index is -1.35. The highest BCUT2D eigenvalue weighted by Crippen LogP contribution is 2.30. The number of anilines is 2. The summed E-state index contributed by atoms with van der Waals surface area (Å²) in [6, 6.07) is 13.1. The number of aromatic carboxylic acids is 1. The molecule has 1 aliphatic rings. The van der Waals surface area contributed by atoms with Crippen LogP contribution in [0.2, 0.25) is 0 Å². The lowest BCUT2D eigenvalue weighted by atomic mass is 10.0. The zero-order valence-corrected chi connectivity index (χ0v) is 18.3. The Morgan fingerprint density at radius 2 is 1.54 bits per heavy atom. The van der Waals surface area contributed by atoms with Crippen LogP contribution < -0.4 is 10.2 Å². The van der Waals surface area contributed by atoms with Gasteiger partial charge in [-0.15, -0.1) is 0 Å². The Labute approximate surface area is 198 Å². The lowest BCUT2D eigenvalue weighted by molar-refractivity contribution is 0.0525. The predicted octanol–water partition coefficient (Wildman–Crippen LogP) is 3.32. The van der Waals surface area contributed by atoms with E-state index in [2.05, 4.69) is 5.32 Å². The highest BCUT2D eigenvalue weighted by atomic mass is 16.5. The monoisotopic (exact) mass is 474 g/mol. The largest absolute Gasteiger partial charge is 0.508 e. The number of aromatic hydroxyl groups is 1. The zero-order chi connectivity index (χ0) is 25.3. The second-order valence-electron chi connectivity index (χ2n) is 7.46. The first-order valence-electron chi connectivity index (χ1n) is 10.4. The number of nitrogens with one attached hydrogen (secondary N) is 1. The summed E-state index contributed by atoms with van der Waals surface area (Å²) < 4.78 is 4.92. The topological polar surface area (TPSA) is 150 Å². The molecule has 35 heavy (non-hydrogen) atoms. The van der Waals surface area contributed by atoms with Crippen molar-refractivity contribution < 1.29 is 38.9 Å². The summed E-state index contributed by atoms with van der Waals surface area (Å²) in [6.07, 6.45) is 0. The van der Waals surface area contributed by atoms with Gasteiger partial charge in [0.2, 0.25) is 0 Å². The molecule has 3 amide bonds. The van der Waals surface area contributed by atoms with Gasteiger partial charge < -0.3 is 20.3 Å². The van der Waals surface area contributed by atoms with Crippen LogP contribution in [-0.2, 0) is 4.74 Å². The summed E-state index contributed by atoms with van der Waals surface area (Å²) in [4.78, 5) is 62.8. The van der Waals surface area contributed by atoms with Crippen LogP contribution in [0.25, 0.3) is 0 Å². The molecule has 4 rings (SSSR count). The van der Waals surface area contributed by atoms with Crippen molar-refractivity contribution in [3.05, 3.63) is 88.5 Å². The van der Waals surface area contributed by atoms with E-state index in [9.17, 15) is 34.2 Å². The van der Waals surface area contributed by atoms with Gasteiger partial charge >= 0.3 is 11.9 Å². The van der Waals surface area contributed by atoms with Crippen molar-refractivity contribution in [1.29, 1.82) is 0 Å². The number of rotatable bonds is 6. The molecule has 3 aromatic rings. The van der Waals surface area contributed by atoms with Gasteiger partial charge in [-0.05, 0) is 67.6 Å². The summed E-state index contributed by atoms with van der Waals surface area (Å²) in [5, 5.41) is 21.2. The van der Waals surface area contributed by atoms with Crippen LogP contribution in [0.15, 0.2) is 60.7 Å². The van der Waals surface area contributed by atoms with Crippen LogP contribution in [0.1, 0.15) is 58.7 Å². The van der Waals surface area contributed by atoms with Gasteiger partial charge in [-0.3, -0.25) is 14.4 Å². The molecule has 0 fully saturated rings. The second-order valence-corrected chi connectivity index (χ2v) is 7.46. The molecule has 0 spiro atoms. The minimum absolute atomic E-state index is 0.00119. The van der Waals surface area contributed by atoms with E-state index >= 15 is 0 Å². The molecule has 3 N–H and O–H groups in total. The quantitative estimate of drug-likeness (QED) is 0.280. The average Bonchev–Trinajstić information content (AvgIpc) is 3.09. The molecule has 10 heteroatoms. The number of carboxylic acid groups (broad SMARTS) is 1. The number of carboxylic acids is 1. The third kappa shape index (κ3) is 4.32. The number of carbonyl (C=O) groups is 5. The molecule has 0 saturated heterocycles. The number of fused-ring (bicyclic) bond motifs is 1. The number of phenols is 1. The highest BCUT2D eigenvalue weighted by molar-refractivity contribution is 6.34. The highest BCUT2D eigenvalue weighted by Gasteiger charge is 2.37. The number of nitrogens with zero attached hydrogens (tertiary/aromatic N) is 1. The first-order valence-corrected chi connectivity index (χ1v) is 10.4. The summed E-state index contributed by atoms with van der Waals surface area (Å²) in [5.74, 6) is -4.12. The Balaban J connectivity index is 1.59. The maximum atomic E-state index is 13.0. The fourth-order valence-electron chi connectivity index (χ4n) is 3.59. The maximum absolute atomic E-state index is 13.0. The van der Waals surface area contributed by atoms with Crippen molar-refractivity contribution >= 4 is 41.0 Å². The molecular weight excluding hydrogens is 456 g/mol. The van der Waals surface area contributed by atoms with Gasteiger partial charge in [0.15, 0.2) is 0 Å². The van der Waals surface area contributed by atoms with Crippen LogP contribution >= 0.6 is 0 Å². The van der Waals surface area contributed by atoms with E-state index in [0.29, 0.717) is 0 Å². The molecule has 0 unspecified atom stereocenters. The molecule has 3 aromatic carbocycles. The molecule has 0 atom stereocenters. The number of benzene rings is 3. The second kappa shape index (κ2) is 9.10. The number of amides is 3. The zero-order valence-electron chi connectivity index (χ0n) is 18.3. The lowest BCUT2D eigenvalue weighted by Gasteiger charge is -2.14. The molecule has 1 heterocycles. The standard InChI is InChI=1S/C25H18N2O8/c1-2-35-25(34)13-3-6-15(7-4-13)27-22(30)17-9-5-14(11-18(17)23(27)31)21(29)26-20-10-8-16(28)12-19(20)24(32)33/h3-12,28H,2H2,1H3,(H,26,29)(H,32,33). The van der Waals surface area contributed by atoms with Crippen molar-refractivity contribution in [2.75, 3.05) is 16.8 Å². The van der Waals surface area contributed by atoms with E-state index < -0.39 is 29.7 Å². The Morgan fingerprint density at radius 3 is 2.20 bits per heavy atom. The molecule has 0 saturated carbocycles. The third-order valence-corrected chi connectivity index (χ3v) is 5.27. The summed E-state index contributed by atoms with van der Waals surface area (Å²) in [7, 11) is 0. The van der Waals surface area contributed by atoms with Crippen molar-refractivity contribution in [2.45, 2.75) is 6.92 Å². The molecule has 10 nitrogen and oxygen atoms in total. The molecule has 1 aliphatic heterocycles. The average molecular weight is 474 g/mol. The molecule has 0 radical (unpaired) electrons. The SMILES string of the molecule is CCOC(=O)c1ccc(N2C(=O)c3ccc(C(=O)Nc4ccc(O)cc4C(=O)O)cc3C2=O)cc1. The Hall–Kier alpha value is -4.99. The van der Waals surface area contributed by atoms with Gasteiger partial charge in [0, 0.05) is 5.56 Å². The number of carbonyl (C=O) groups excluding carboxylic acids is 4. The molecular formula is C25H18N2O8. The number of esters is 1. The van der Waals surface area contributed by atoms with E-state index in [4.69, 9.17) is 4.74 Å². The van der Waals surface area contributed by atoms with Gasteiger partial charge in [-0.25, -0.2) is 14.5 Å². The van der Waals surface area contributed by atoms with Gasteiger partial charge in [-0.2, -0.15) is 0 Å². The van der Waals surface area contributed by atoms with Gasteiger partial charge in [0.05, 0.1) is 40.2 Å². The van der Waals surface area contributed by atoms with Crippen molar-refractivity contribution in [3.63, 3.8) is 0 Å². The third-order valence-electron chi connectivity index (χ3n) is 5.27. The van der Waals surface area contributed by atoms with E-state index in [1.54, 1.807) is 6.92 Å². The van der Waals surface area contributed by atoms with Crippen LogP contribution in [-0.4, -0.2) is 46.5 Å². The number of phenolic OH excluding ortho intramolecular Hbond substituents is 1. The summed E-state index contributed by atoms with van der Waals surface area (Å²) in [6.45, 7) is 1.88. The smallest absolute Gasteiger partial charge is 0.338 e. The van der Waals surface area contributed by atoms with Gasteiger partial charge in [0.25, 0.3) is 17.7 Å². The number of imide groups is 1. The molecule has 0 aliphatic carbocycles. The molecule has 0 aromatic heterocycles. The molecule has 0 bridgehead atoms. The van der Waals surface area contributed by atoms with Gasteiger partial charge in [-0.1, -0.05) is 0 Å². The van der Waals surface area contributed by atoms with E-state index in [1.165, 1.54) is 54.6 Å². The molecule has 176 valence electrons. The fraction of sp³-hybridized carbons (Fsp3) is 0.0800. The fourth-order valence-corrected chi connectivity index (χ4v) is 3.59. The van der Waals surface area contributed by atoms with E-state index in [0.717, 1.165) is 11.0 Å². The number of hydrogen-bond donors (Lipinski definition) is 3. The maximum Gasteiger partial charge on any atom is 0.338 e. The Kier molecular flexibility index (Phi) is 6.03. The Bertz CT molecular complexity index is 1400. The predicted molar refractivity (Wildman–Crippen MR) is 123 cm³/mol. The van der Waals surface area contributed by atoms with Crippen molar-refractivity contribution in [3.8, 4) is 5.75 Å². The Morgan fingerprint density at radius 1 is 0.886 bits per heavy atom. The van der Waals surface area contributed by atoms with Crippen molar-refractivity contribution in [2.24, 2.45) is 0 Å². The summed E-state index contributed by atoms with van der Waals surface area (Å²) >= 11 is 0. The van der Waals surface area contributed by atoms with E-state index in [1.807, 2.05) is 0 Å². The first kappa shape index (κ1) is 23.2. The lowest BCUT2D eigenvalue weighted by Crippen LogP contribution is -2.29. The summed E-state index contributed by atoms with van der Waals surface area (Å²) in [5.41, 5.74) is 0.258.